The van der Waals surface area contributed by atoms with E-state index in [0.717, 1.165) is 25.7 Å². The van der Waals surface area contributed by atoms with Crippen LogP contribution in [0.5, 0.6) is 0 Å². The summed E-state index contributed by atoms with van der Waals surface area (Å²) in [4.78, 5) is 2.65. The SMILES string of the molecule is CCCCc1cccc(-n2c3c(c4ccccc42)C=CCC=C3c2ccc3c(c2)C2C=C(C=CC(n4c5c(c6ccccc64)C/C=C\CC=C5)=C2)S3)c1. The molecule has 1 atom stereocenters. The van der Waals surface area contributed by atoms with Crippen molar-refractivity contribution in [3.8, 4) is 5.69 Å². The van der Waals surface area contributed by atoms with Crippen molar-refractivity contribution in [2.45, 2.75) is 56.3 Å². The van der Waals surface area contributed by atoms with Crippen LogP contribution in [0, 0.1) is 0 Å². The molecule has 0 fully saturated rings. The van der Waals surface area contributed by atoms with Gasteiger partial charge in [0.05, 0.1) is 22.4 Å². The lowest BCUT2D eigenvalue weighted by Crippen LogP contribution is -2.05. The largest absolute Gasteiger partial charge is 0.310 e. The standard InChI is InChI=1S/C50H42N2S/c1-2-3-15-34-16-14-17-37(30-34)52-48-25-13-11-21-43(48)44-22-9-8-18-40(50(44)52)35-26-29-49-45(33-35)36-31-38(27-28-39(32-36)53-49)51-46-23-7-5-4-6-19-41(46)42-20-10-12-24-47(42)51/h4,6-7,9-14,16-18,20-33,36H,2-3,5,8,15,19H2,1H3/b6-4-,23-7?. The van der Waals surface area contributed by atoms with Crippen molar-refractivity contribution in [3.05, 3.63) is 190 Å². The monoisotopic (exact) mass is 702 g/mol. The molecule has 1 unspecified atom stereocenters. The summed E-state index contributed by atoms with van der Waals surface area (Å²) in [7, 11) is 0. The number of aryl methyl sites for hydroxylation is 1. The molecule has 3 heterocycles. The Labute approximate surface area is 316 Å². The second-order valence-corrected chi connectivity index (χ2v) is 15.7. The quantitative estimate of drug-likeness (QED) is 0.157. The molecule has 2 aromatic heterocycles. The number of fused-ring (bicyclic) bond motifs is 9. The lowest BCUT2D eigenvalue weighted by molar-refractivity contribution is 0.794. The van der Waals surface area contributed by atoms with E-state index in [9.17, 15) is 0 Å². The molecule has 3 heteroatoms. The third-order valence-corrected chi connectivity index (χ3v) is 12.3. The molecule has 4 aromatic carbocycles. The van der Waals surface area contributed by atoms with E-state index < -0.39 is 0 Å². The molecule has 53 heavy (non-hydrogen) atoms. The highest BCUT2D eigenvalue weighted by molar-refractivity contribution is 8.03. The van der Waals surface area contributed by atoms with E-state index in [0.29, 0.717) is 0 Å². The first-order chi connectivity index (χ1) is 26.2. The zero-order valence-electron chi connectivity index (χ0n) is 30.1. The first kappa shape index (κ1) is 32.2. The van der Waals surface area contributed by atoms with Crippen LogP contribution >= 0.6 is 11.8 Å². The summed E-state index contributed by atoms with van der Waals surface area (Å²) in [6, 6.07) is 34.3. The van der Waals surface area contributed by atoms with E-state index in [1.807, 2.05) is 11.8 Å². The van der Waals surface area contributed by atoms with Crippen LogP contribution < -0.4 is 0 Å². The average Bonchev–Trinajstić information content (AvgIpc) is 3.47. The van der Waals surface area contributed by atoms with Gasteiger partial charge in [0.1, 0.15) is 0 Å². The van der Waals surface area contributed by atoms with Crippen molar-refractivity contribution in [3.63, 3.8) is 0 Å². The minimum absolute atomic E-state index is 0.158. The number of thioether (sulfide) groups is 1. The molecule has 2 bridgehead atoms. The molecule has 1 aliphatic heterocycles. The van der Waals surface area contributed by atoms with Gasteiger partial charge in [0.25, 0.3) is 0 Å². The number of rotatable bonds is 6. The Morgan fingerprint density at radius 3 is 2.47 bits per heavy atom. The molecule has 2 nitrogen and oxygen atoms in total. The van der Waals surface area contributed by atoms with E-state index in [4.69, 9.17) is 0 Å². The Balaban J connectivity index is 1.12. The van der Waals surface area contributed by atoms with Crippen LogP contribution in [0.4, 0.5) is 0 Å². The Morgan fingerprint density at radius 1 is 0.717 bits per heavy atom. The summed E-state index contributed by atoms with van der Waals surface area (Å²) in [5, 5.41) is 2.64. The van der Waals surface area contributed by atoms with Gasteiger partial charge in [-0.25, -0.2) is 0 Å². The molecule has 0 radical (unpaired) electrons. The van der Waals surface area contributed by atoms with E-state index in [1.54, 1.807) is 0 Å². The minimum Gasteiger partial charge on any atom is -0.310 e. The van der Waals surface area contributed by atoms with Crippen LogP contribution in [0.3, 0.4) is 0 Å². The third kappa shape index (κ3) is 5.57. The van der Waals surface area contributed by atoms with Crippen molar-refractivity contribution in [2.75, 3.05) is 0 Å². The van der Waals surface area contributed by atoms with Gasteiger partial charge in [-0.1, -0.05) is 122 Å². The van der Waals surface area contributed by atoms with Crippen molar-refractivity contribution in [1.82, 2.24) is 9.13 Å². The molecule has 0 spiro atoms. The molecule has 0 N–H and O–H groups in total. The van der Waals surface area contributed by atoms with Crippen molar-refractivity contribution < 1.29 is 0 Å². The van der Waals surface area contributed by atoms with Crippen LogP contribution in [-0.2, 0) is 12.8 Å². The van der Waals surface area contributed by atoms with Gasteiger partial charge in [-0.2, -0.15) is 0 Å². The molecule has 0 saturated carbocycles. The Hall–Kier alpha value is -5.51. The number of aromatic nitrogens is 2. The van der Waals surface area contributed by atoms with Crippen LogP contribution in [0.25, 0.3) is 50.9 Å². The molecule has 4 aliphatic rings. The summed E-state index contributed by atoms with van der Waals surface area (Å²) in [5.74, 6) is 0.158. The molecule has 10 rings (SSSR count). The lowest BCUT2D eigenvalue weighted by Gasteiger charge is -2.23. The summed E-state index contributed by atoms with van der Waals surface area (Å²) >= 11 is 1.89. The number of benzene rings is 4. The Bertz CT molecular complexity index is 2660. The fourth-order valence-electron chi connectivity index (χ4n) is 8.75. The lowest BCUT2D eigenvalue weighted by atomic mass is 9.91. The van der Waals surface area contributed by atoms with Gasteiger partial charge in [-0.05, 0) is 115 Å². The second-order valence-electron chi connectivity index (χ2n) is 14.5. The number of hydrogen-bond donors (Lipinski definition) is 0. The van der Waals surface area contributed by atoms with Crippen molar-refractivity contribution in [2.24, 2.45) is 0 Å². The number of nitrogens with zero attached hydrogens (tertiary/aromatic N) is 2. The van der Waals surface area contributed by atoms with Crippen LogP contribution in [0.1, 0.15) is 77.7 Å². The Kier molecular flexibility index (Phi) is 8.18. The molecule has 0 amide bonds. The molecule has 258 valence electrons. The van der Waals surface area contributed by atoms with Gasteiger partial charge >= 0.3 is 0 Å². The first-order valence-corrected chi connectivity index (χ1v) is 20.0. The van der Waals surface area contributed by atoms with Gasteiger partial charge in [-0.3, -0.25) is 0 Å². The fraction of sp³-hybridized carbons (Fsp3) is 0.160. The molecular formula is C50H42N2S. The highest BCUT2D eigenvalue weighted by atomic mass is 32.2. The van der Waals surface area contributed by atoms with Gasteiger partial charge < -0.3 is 9.13 Å². The van der Waals surface area contributed by atoms with E-state index in [2.05, 4.69) is 174 Å². The molecule has 6 aromatic rings. The summed E-state index contributed by atoms with van der Waals surface area (Å²) in [5.41, 5.74) is 15.6. The second kappa shape index (κ2) is 13.5. The van der Waals surface area contributed by atoms with Crippen LogP contribution in [0.2, 0.25) is 0 Å². The smallest absolute Gasteiger partial charge is 0.0616 e. The predicted molar refractivity (Wildman–Crippen MR) is 228 cm³/mol. The van der Waals surface area contributed by atoms with Crippen molar-refractivity contribution in [1.29, 1.82) is 0 Å². The highest BCUT2D eigenvalue weighted by Gasteiger charge is 2.27. The zero-order valence-corrected chi connectivity index (χ0v) is 31.0. The summed E-state index contributed by atoms with van der Waals surface area (Å²) < 4.78 is 5.02. The van der Waals surface area contributed by atoms with Gasteiger partial charge in [0.15, 0.2) is 0 Å². The normalized spacial score (nSPS) is 17.9. The number of hydrogen-bond acceptors (Lipinski definition) is 1. The van der Waals surface area contributed by atoms with Gasteiger partial charge in [0.2, 0.25) is 0 Å². The maximum atomic E-state index is 2.52. The Morgan fingerprint density at radius 2 is 1.57 bits per heavy atom. The van der Waals surface area contributed by atoms with Gasteiger partial charge in [-0.15, -0.1) is 0 Å². The van der Waals surface area contributed by atoms with Crippen LogP contribution in [-0.4, -0.2) is 9.13 Å². The number of para-hydroxylation sites is 2. The van der Waals surface area contributed by atoms with E-state index in [-0.39, 0.29) is 5.92 Å². The fourth-order valence-corrected chi connectivity index (χ4v) is 9.81. The molecule has 0 saturated heterocycles. The highest BCUT2D eigenvalue weighted by Crippen LogP contribution is 2.47. The maximum Gasteiger partial charge on any atom is 0.0616 e. The zero-order chi connectivity index (χ0) is 35.3. The minimum atomic E-state index is 0.158. The average molecular weight is 703 g/mol. The number of unbranched alkanes of at least 4 members (excludes halogenated alkanes) is 1. The van der Waals surface area contributed by atoms with E-state index in [1.165, 1.54) is 101 Å². The molecule has 3 aliphatic carbocycles. The first-order valence-electron chi connectivity index (χ1n) is 19.2. The third-order valence-electron chi connectivity index (χ3n) is 11.2. The summed E-state index contributed by atoms with van der Waals surface area (Å²) in [6.07, 6.45) is 32.3. The topological polar surface area (TPSA) is 9.86 Å². The maximum absolute atomic E-state index is 2.52. The van der Waals surface area contributed by atoms with Crippen molar-refractivity contribution >= 4 is 57.0 Å². The molecular weight excluding hydrogens is 661 g/mol. The predicted octanol–water partition coefficient (Wildman–Crippen LogP) is 13.5. The summed E-state index contributed by atoms with van der Waals surface area (Å²) in [6.45, 7) is 2.27. The number of allylic oxidation sites excluding steroid dienone is 10. The van der Waals surface area contributed by atoms with Crippen LogP contribution in [0.15, 0.2) is 155 Å². The van der Waals surface area contributed by atoms with Gasteiger partial charge in [0, 0.05) is 49.0 Å². The van der Waals surface area contributed by atoms with E-state index >= 15 is 0 Å².